The van der Waals surface area contributed by atoms with Gasteiger partial charge in [0.05, 0.1) is 12.8 Å². The molecule has 15 atom stereocenters. The third-order valence-electron chi connectivity index (χ3n) is 16.2. The number of benzene rings is 1. The van der Waals surface area contributed by atoms with E-state index in [1.165, 1.54) is 0 Å². The molecule has 1 aromatic rings. The molecule has 0 radical (unpaired) electrons. The molecular formula is C64H108N18O19. The van der Waals surface area contributed by atoms with Gasteiger partial charge in [0.15, 0.2) is 0 Å². The quantitative estimate of drug-likeness (QED) is 0.0218. The summed E-state index contributed by atoms with van der Waals surface area (Å²) in [5.41, 5.74) is 41.7. The van der Waals surface area contributed by atoms with E-state index in [1.807, 2.05) is 6.92 Å². The van der Waals surface area contributed by atoms with Crippen LogP contribution in [0.3, 0.4) is 0 Å². The minimum absolute atomic E-state index is 0.0264. The molecule has 101 heavy (non-hydrogen) atoms. The van der Waals surface area contributed by atoms with Gasteiger partial charge in [0, 0.05) is 19.4 Å². The molecule has 11 amide bonds. The summed E-state index contributed by atoms with van der Waals surface area (Å²) in [6.45, 7) is 7.89. The Labute approximate surface area is 586 Å². The smallest absolute Gasteiger partial charge is 0.323 e. The van der Waals surface area contributed by atoms with E-state index >= 15 is 0 Å². The number of hydrogen-bond donors (Lipinski definition) is 20. The summed E-state index contributed by atoms with van der Waals surface area (Å²) in [7, 11) is 0. The van der Waals surface area contributed by atoms with Crippen molar-refractivity contribution < 1.29 is 91.6 Å². The Balaban J connectivity index is 2.93. The van der Waals surface area contributed by atoms with Crippen LogP contribution in [0, 0.1) is 11.8 Å². The highest BCUT2D eigenvalue weighted by molar-refractivity contribution is 5.99. The minimum atomic E-state index is -1.97. The molecule has 2 rings (SSSR count). The van der Waals surface area contributed by atoms with Gasteiger partial charge in [-0.2, -0.15) is 0 Å². The highest BCUT2D eigenvalue weighted by Gasteiger charge is 2.40. The average molecular weight is 1430 g/mol. The maximum absolute atomic E-state index is 14.9. The van der Waals surface area contributed by atoms with Crippen molar-refractivity contribution in [1.82, 2.24) is 58.5 Å². The van der Waals surface area contributed by atoms with Gasteiger partial charge in [-0.1, -0.05) is 77.3 Å². The SMILES string of the molecule is CC[C@H](C)CCCCC(=O)N[C@@H](CCN)C(=O)N[C@H](C(=O)N[C@@H](CCN)C(=O)N[C@H]1CCNC(=O)[C@H]([C@@H](C)OC(=O)[C@@H](N)CC(=O)O)NC(=O)[C@H](CCN)NC(=O)[C@H](CCN)NC(=O)[C@H](CC(C)C)NC(=O)[C@@H](Cc2ccccc2)NC(=O)[C@H](CCN)NC1=O)[C@@H](C)OC(=O)[C@@H](N)CC(=O)O. The van der Waals surface area contributed by atoms with Crippen molar-refractivity contribution >= 4 is 88.9 Å². The zero-order chi connectivity index (χ0) is 76.1. The molecule has 1 heterocycles. The van der Waals surface area contributed by atoms with Crippen LogP contribution in [0.5, 0.6) is 0 Å². The van der Waals surface area contributed by atoms with Crippen LogP contribution in [-0.4, -0.2) is 223 Å². The Morgan fingerprint density at radius 2 is 1.02 bits per heavy atom. The van der Waals surface area contributed by atoms with E-state index in [1.54, 1.807) is 44.2 Å². The lowest BCUT2D eigenvalue weighted by molar-refractivity contribution is -0.156. The molecule has 0 spiro atoms. The van der Waals surface area contributed by atoms with Gasteiger partial charge in [-0.25, -0.2) is 0 Å². The number of nitrogens with two attached hydrogens (primary N) is 7. The Morgan fingerprint density at radius 3 is 1.52 bits per heavy atom. The van der Waals surface area contributed by atoms with Gasteiger partial charge in [0.25, 0.3) is 0 Å². The first-order valence-electron chi connectivity index (χ1n) is 33.9. The van der Waals surface area contributed by atoms with E-state index in [2.05, 4.69) is 65.4 Å². The number of carbonyl (C=O) groups excluding carboxylic acids is 13. The maximum Gasteiger partial charge on any atom is 0.323 e. The molecule has 0 unspecified atom stereocenters. The van der Waals surface area contributed by atoms with Gasteiger partial charge >= 0.3 is 23.9 Å². The van der Waals surface area contributed by atoms with Crippen LogP contribution in [-0.2, 0) is 87.8 Å². The molecule has 0 aromatic heterocycles. The highest BCUT2D eigenvalue weighted by Crippen LogP contribution is 2.15. The van der Waals surface area contributed by atoms with Gasteiger partial charge in [-0.05, 0) is 115 Å². The van der Waals surface area contributed by atoms with Crippen LogP contribution in [0.15, 0.2) is 30.3 Å². The van der Waals surface area contributed by atoms with Gasteiger partial charge in [0.2, 0.25) is 65.0 Å². The second-order valence-electron chi connectivity index (χ2n) is 25.3. The largest absolute Gasteiger partial charge is 0.481 e. The fourth-order valence-corrected chi connectivity index (χ4v) is 10.3. The van der Waals surface area contributed by atoms with Gasteiger partial charge in [0.1, 0.15) is 84.7 Å². The summed E-state index contributed by atoms with van der Waals surface area (Å²) in [6, 6.07) is -11.8. The second-order valence-corrected chi connectivity index (χ2v) is 25.3. The fraction of sp³-hybridized carbons (Fsp3) is 0.672. The van der Waals surface area contributed by atoms with Crippen molar-refractivity contribution in [2.75, 3.05) is 39.3 Å². The molecule has 37 nitrogen and oxygen atoms in total. The van der Waals surface area contributed by atoms with Gasteiger partial charge < -0.3 is 118 Å². The predicted octanol–water partition coefficient (Wildman–Crippen LogP) is -6.54. The number of rotatable bonds is 37. The monoisotopic (exact) mass is 1430 g/mol. The molecule has 0 bridgehead atoms. The van der Waals surface area contributed by atoms with Crippen LogP contribution >= 0.6 is 0 Å². The maximum atomic E-state index is 14.9. The van der Waals surface area contributed by atoms with Crippen molar-refractivity contribution in [2.45, 2.75) is 223 Å². The number of ether oxygens (including phenoxy) is 2. The number of carbonyl (C=O) groups is 15. The van der Waals surface area contributed by atoms with Crippen LogP contribution < -0.4 is 98.6 Å². The lowest BCUT2D eigenvalue weighted by Gasteiger charge is -2.30. The van der Waals surface area contributed by atoms with E-state index in [4.69, 9.17) is 49.6 Å². The van der Waals surface area contributed by atoms with Crippen LogP contribution in [0.2, 0.25) is 0 Å². The van der Waals surface area contributed by atoms with Crippen molar-refractivity contribution in [1.29, 1.82) is 0 Å². The Hall–Kier alpha value is -9.01. The summed E-state index contributed by atoms with van der Waals surface area (Å²) in [5, 5.41) is 46.4. The Kier molecular flexibility index (Phi) is 40.5. The molecule has 0 aliphatic carbocycles. The van der Waals surface area contributed by atoms with E-state index in [-0.39, 0.29) is 83.6 Å². The molecule has 568 valence electrons. The molecule has 37 heteroatoms. The van der Waals surface area contributed by atoms with E-state index in [0.717, 1.165) is 26.7 Å². The Morgan fingerprint density at radius 1 is 0.545 bits per heavy atom. The number of esters is 2. The highest BCUT2D eigenvalue weighted by atomic mass is 16.6. The summed E-state index contributed by atoms with van der Waals surface area (Å²) in [5.74, 6) is -16.8. The van der Waals surface area contributed by atoms with Crippen LogP contribution in [0.4, 0.5) is 0 Å². The lowest BCUT2D eigenvalue weighted by Crippen LogP contribution is -2.62. The number of nitrogens with one attached hydrogen (secondary N) is 11. The molecule has 27 N–H and O–H groups in total. The normalized spacial score (nSPS) is 21.6. The topological polar surface area (TPSA) is 629 Å². The standard InChI is InChI=1S/C64H108N18O19/c1-7-34(4)13-11-12-16-48(83)73-40(17-23-65)57(92)82-52(36(6)101-64(99)39(71)32-50(86)87)62(97)78-43(20-26-68)54(89)77-45-22-28-72-61(96)51(35(5)100-63(98)38(70)31-49(84)85)81-58(93)44(21-27-69)75-53(88)41(18-24-66)76-59(94)46(29-33(2)3)79-60(95)47(30-37-14-9-8-10-15-37)80-55(90)42(19-25-67)74-56(45)91/h8-10,14-15,33-36,38-47,51-52H,7,11-13,16-32,65-71H2,1-6H3,(H,72,96)(H,73,83)(H,74,91)(H,75,88)(H,76,94)(H,77,89)(H,78,97)(H,79,95)(H,80,90)(H,81,93)(H,82,92)(H,84,85)(H,86,87)/t34-,35+,36+,38-,39-,40-,41-,42-,43-,44-,45-,46-,47+,51-,52-/m0/s1. The average Bonchev–Trinajstić information content (AvgIpc) is 1.03. The van der Waals surface area contributed by atoms with Gasteiger partial charge in [-0.3, -0.25) is 71.9 Å². The molecule has 1 aliphatic rings. The molecule has 1 aromatic carbocycles. The van der Waals surface area contributed by atoms with Crippen LogP contribution in [0.1, 0.15) is 137 Å². The van der Waals surface area contributed by atoms with E-state index in [9.17, 15) is 82.1 Å². The number of hydrogen-bond acceptors (Lipinski definition) is 24. The minimum Gasteiger partial charge on any atom is -0.481 e. The fourth-order valence-electron chi connectivity index (χ4n) is 10.3. The summed E-state index contributed by atoms with van der Waals surface area (Å²) in [4.78, 5) is 207. The number of aliphatic carboxylic acids is 2. The third kappa shape index (κ3) is 32.5. The van der Waals surface area contributed by atoms with Crippen molar-refractivity contribution in [3.8, 4) is 0 Å². The first-order valence-corrected chi connectivity index (χ1v) is 33.9. The molecule has 1 saturated heterocycles. The van der Waals surface area contributed by atoms with Crippen LogP contribution in [0.25, 0.3) is 0 Å². The van der Waals surface area contributed by atoms with Crippen molar-refractivity contribution in [2.24, 2.45) is 52.0 Å². The first-order chi connectivity index (χ1) is 47.7. The lowest BCUT2D eigenvalue weighted by atomic mass is 10.00. The third-order valence-corrected chi connectivity index (χ3v) is 16.2. The number of unbranched alkanes of at least 4 members (excludes halogenated alkanes) is 1. The second kappa shape index (κ2) is 46.4. The molecule has 0 saturated carbocycles. The van der Waals surface area contributed by atoms with E-state index < -0.39 is 206 Å². The summed E-state index contributed by atoms with van der Waals surface area (Å²) >= 11 is 0. The number of amides is 11. The summed E-state index contributed by atoms with van der Waals surface area (Å²) in [6.07, 6.45) is -4.63. The number of carboxylic acid groups (broad SMARTS) is 2. The zero-order valence-electron chi connectivity index (χ0n) is 58.3. The first kappa shape index (κ1) is 88.1. The predicted molar refractivity (Wildman–Crippen MR) is 364 cm³/mol. The molecule has 1 fully saturated rings. The zero-order valence-corrected chi connectivity index (χ0v) is 58.3. The Bertz CT molecular complexity index is 2930. The molecular weight excluding hydrogens is 1320 g/mol. The number of carboxylic acids is 2. The van der Waals surface area contributed by atoms with Crippen molar-refractivity contribution in [3.05, 3.63) is 35.9 Å². The van der Waals surface area contributed by atoms with E-state index in [0.29, 0.717) is 24.3 Å². The molecule has 1 aliphatic heterocycles. The van der Waals surface area contributed by atoms with Gasteiger partial charge in [-0.15, -0.1) is 0 Å². The summed E-state index contributed by atoms with van der Waals surface area (Å²) < 4.78 is 10.8. The van der Waals surface area contributed by atoms with Crippen molar-refractivity contribution in [3.63, 3.8) is 0 Å².